The van der Waals surface area contributed by atoms with Gasteiger partial charge in [-0.2, -0.15) is 0 Å². The lowest BCUT2D eigenvalue weighted by Gasteiger charge is -2.05. The van der Waals surface area contributed by atoms with Crippen LogP contribution < -0.4 is 10.3 Å². The first-order valence-electron chi connectivity index (χ1n) is 5.52. The van der Waals surface area contributed by atoms with Crippen molar-refractivity contribution in [1.29, 1.82) is 0 Å². The maximum absolute atomic E-state index is 11.3. The summed E-state index contributed by atoms with van der Waals surface area (Å²) in [6, 6.07) is 7.60. The van der Waals surface area contributed by atoms with Crippen molar-refractivity contribution in [3.63, 3.8) is 0 Å². The molecule has 0 unspecified atom stereocenters. The Kier molecular flexibility index (Phi) is 3.61. The third-order valence-electron chi connectivity index (χ3n) is 2.33. The summed E-state index contributed by atoms with van der Waals surface area (Å²) < 4.78 is 10.0. The molecule has 2 rings (SSSR count). The van der Waals surface area contributed by atoms with Gasteiger partial charge in [0.25, 0.3) is 5.56 Å². The summed E-state index contributed by atoms with van der Waals surface area (Å²) in [5, 5.41) is 0. The fourth-order valence-electron chi connectivity index (χ4n) is 1.50. The zero-order chi connectivity index (χ0) is 13.8. The van der Waals surface area contributed by atoms with Gasteiger partial charge in [0.15, 0.2) is 0 Å². The van der Waals surface area contributed by atoms with Crippen molar-refractivity contribution >= 4 is 5.97 Å². The molecule has 19 heavy (non-hydrogen) atoms. The van der Waals surface area contributed by atoms with Crippen molar-refractivity contribution in [2.45, 2.75) is 6.92 Å². The van der Waals surface area contributed by atoms with Crippen molar-refractivity contribution in [1.82, 2.24) is 9.97 Å². The quantitative estimate of drug-likeness (QED) is 0.849. The molecule has 0 amide bonds. The van der Waals surface area contributed by atoms with Crippen LogP contribution in [0.5, 0.6) is 11.6 Å². The number of nitrogens with zero attached hydrogens (tertiary/aromatic N) is 1. The van der Waals surface area contributed by atoms with Crippen LogP contribution in [-0.2, 0) is 4.74 Å². The number of carbonyl (C=O) groups excluding carboxylic acids is 1. The van der Waals surface area contributed by atoms with Gasteiger partial charge in [-0.05, 0) is 31.2 Å². The number of ether oxygens (including phenoxy) is 2. The summed E-state index contributed by atoms with van der Waals surface area (Å²) in [5.74, 6) is 0.725. The first kappa shape index (κ1) is 12.8. The first-order chi connectivity index (χ1) is 9.08. The molecule has 1 N–H and O–H groups in total. The fourth-order valence-corrected chi connectivity index (χ4v) is 1.50. The molecule has 1 aromatic heterocycles. The van der Waals surface area contributed by atoms with E-state index in [0.29, 0.717) is 17.1 Å². The molecule has 1 heterocycles. The molecule has 6 heteroatoms. The van der Waals surface area contributed by atoms with E-state index >= 15 is 0 Å². The zero-order valence-electron chi connectivity index (χ0n) is 10.5. The van der Waals surface area contributed by atoms with E-state index in [2.05, 4.69) is 14.7 Å². The minimum Gasteiger partial charge on any atom is -0.465 e. The Morgan fingerprint density at radius 1 is 1.26 bits per heavy atom. The number of esters is 1. The Balaban J connectivity index is 2.19. The molecule has 98 valence electrons. The van der Waals surface area contributed by atoms with Crippen LogP contribution in [0.4, 0.5) is 0 Å². The Labute approximate surface area is 109 Å². The van der Waals surface area contributed by atoms with Crippen LogP contribution in [0.3, 0.4) is 0 Å². The van der Waals surface area contributed by atoms with E-state index in [0.717, 1.165) is 0 Å². The number of aromatic nitrogens is 2. The van der Waals surface area contributed by atoms with Gasteiger partial charge < -0.3 is 14.5 Å². The average molecular weight is 260 g/mol. The number of methoxy groups -OCH3 is 1. The summed E-state index contributed by atoms with van der Waals surface area (Å²) in [6.45, 7) is 1.66. The SMILES string of the molecule is COC(=O)c1ccc(Oc2cc(=O)[nH]c(C)n2)cc1. The van der Waals surface area contributed by atoms with Gasteiger partial charge in [0.05, 0.1) is 18.7 Å². The molecule has 0 fully saturated rings. The number of H-pyrrole nitrogens is 1. The molecule has 0 bridgehead atoms. The van der Waals surface area contributed by atoms with E-state index in [4.69, 9.17) is 4.74 Å². The van der Waals surface area contributed by atoms with Crippen LogP contribution >= 0.6 is 0 Å². The molecule has 0 aliphatic rings. The third kappa shape index (κ3) is 3.19. The monoisotopic (exact) mass is 260 g/mol. The topological polar surface area (TPSA) is 81.3 Å². The Morgan fingerprint density at radius 2 is 1.95 bits per heavy atom. The number of aromatic amines is 1. The molecule has 0 radical (unpaired) electrons. The lowest BCUT2D eigenvalue weighted by molar-refractivity contribution is 0.0600. The van der Waals surface area contributed by atoms with E-state index in [1.54, 1.807) is 31.2 Å². The Morgan fingerprint density at radius 3 is 2.53 bits per heavy atom. The van der Waals surface area contributed by atoms with Gasteiger partial charge in [0.1, 0.15) is 11.6 Å². The van der Waals surface area contributed by atoms with E-state index in [1.807, 2.05) is 0 Å². The zero-order valence-corrected chi connectivity index (χ0v) is 10.5. The van der Waals surface area contributed by atoms with Crippen molar-refractivity contribution in [3.05, 3.63) is 52.1 Å². The second-order valence-electron chi connectivity index (χ2n) is 3.79. The lowest BCUT2D eigenvalue weighted by Crippen LogP contribution is -2.08. The van der Waals surface area contributed by atoms with E-state index < -0.39 is 5.97 Å². The highest BCUT2D eigenvalue weighted by molar-refractivity contribution is 5.89. The van der Waals surface area contributed by atoms with Gasteiger partial charge >= 0.3 is 5.97 Å². The summed E-state index contributed by atoms with van der Waals surface area (Å²) >= 11 is 0. The third-order valence-corrected chi connectivity index (χ3v) is 2.33. The minimum absolute atomic E-state index is 0.201. The van der Waals surface area contributed by atoms with Gasteiger partial charge in [-0.1, -0.05) is 0 Å². The van der Waals surface area contributed by atoms with Crippen molar-refractivity contribution < 1.29 is 14.3 Å². The maximum atomic E-state index is 11.3. The number of nitrogens with one attached hydrogen (secondary N) is 1. The lowest BCUT2D eigenvalue weighted by atomic mass is 10.2. The average Bonchev–Trinajstić information content (AvgIpc) is 2.37. The number of aryl methyl sites for hydroxylation is 1. The number of benzene rings is 1. The van der Waals surface area contributed by atoms with E-state index in [1.165, 1.54) is 13.2 Å². The van der Waals surface area contributed by atoms with Crippen molar-refractivity contribution in [3.8, 4) is 11.6 Å². The minimum atomic E-state index is -0.420. The molecular formula is C13H12N2O4. The fraction of sp³-hybridized carbons (Fsp3) is 0.154. The van der Waals surface area contributed by atoms with Crippen LogP contribution in [0.1, 0.15) is 16.2 Å². The standard InChI is InChI=1S/C13H12N2O4/c1-8-14-11(16)7-12(15-8)19-10-5-3-9(4-6-10)13(17)18-2/h3-7H,1-2H3,(H,14,15,16). The van der Waals surface area contributed by atoms with Gasteiger partial charge in [0, 0.05) is 0 Å². The van der Waals surface area contributed by atoms with Gasteiger partial charge in [-0.15, -0.1) is 0 Å². The van der Waals surface area contributed by atoms with Crippen molar-refractivity contribution in [2.24, 2.45) is 0 Å². The Hall–Kier alpha value is -2.63. The largest absolute Gasteiger partial charge is 0.465 e. The number of hydrogen-bond donors (Lipinski definition) is 1. The smallest absolute Gasteiger partial charge is 0.337 e. The molecule has 0 aliphatic heterocycles. The van der Waals surface area contributed by atoms with E-state index in [9.17, 15) is 9.59 Å². The Bertz CT molecular complexity index is 646. The van der Waals surface area contributed by atoms with Crippen LogP contribution in [0.2, 0.25) is 0 Å². The second kappa shape index (κ2) is 5.34. The van der Waals surface area contributed by atoms with Gasteiger partial charge in [0.2, 0.25) is 5.88 Å². The molecular weight excluding hydrogens is 248 g/mol. The number of rotatable bonds is 3. The van der Waals surface area contributed by atoms with Gasteiger partial charge in [-0.25, -0.2) is 9.78 Å². The molecule has 0 spiro atoms. The maximum Gasteiger partial charge on any atom is 0.337 e. The highest BCUT2D eigenvalue weighted by Crippen LogP contribution is 2.18. The molecule has 6 nitrogen and oxygen atoms in total. The van der Waals surface area contributed by atoms with Crippen LogP contribution in [0.15, 0.2) is 35.1 Å². The van der Waals surface area contributed by atoms with Crippen LogP contribution in [-0.4, -0.2) is 23.0 Å². The van der Waals surface area contributed by atoms with E-state index in [-0.39, 0.29) is 11.4 Å². The predicted octanol–water partition coefficient (Wildman–Crippen LogP) is 1.66. The molecule has 0 aliphatic carbocycles. The molecule has 1 aromatic carbocycles. The highest BCUT2D eigenvalue weighted by atomic mass is 16.5. The first-order valence-corrected chi connectivity index (χ1v) is 5.52. The summed E-state index contributed by atoms with van der Waals surface area (Å²) in [4.78, 5) is 29.1. The predicted molar refractivity (Wildman–Crippen MR) is 67.5 cm³/mol. The number of hydrogen-bond acceptors (Lipinski definition) is 5. The number of carbonyl (C=O) groups is 1. The van der Waals surface area contributed by atoms with Crippen molar-refractivity contribution in [2.75, 3.05) is 7.11 Å². The summed E-state index contributed by atoms with van der Waals surface area (Å²) in [5.41, 5.74) is 0.138. The summed E-state index contributed by atoms with van der Waals surface area (Å²) in [6.07, 6.45) is 0. The molecule has 2 aromatic rings. The summed E-state index contributed by atoms with van der Waals surface area (Å²) in [7, 11) is 1.32. The molecule has 0 saturated heterocycles. The highest BCUT2D eigenvalue weighted by Gasteiger charge is 2.06. The van der Waals surface area contributed by atoms with Gasteiger partial charge in [-0.3, -0.25) is 4.79 Å². The van der Waals surface area contributed by atoms with Crippen LogP contribution in [0.25, 0.3) is 0 Å². The normalized spacial score (nSPS) is 10.0. The van der Waals surface area contributed by atoms with Crippen LogP contribution in [0, 0.1) is 6.92 Å². The molecule has 0 atom stereocenters. The molecule has 0 saturated carbocycles. The second-order valence-corrected chi connectivity index (χ2v) is 3.79.